The van der Waals surface area contributed by atoms with Crippen molar-refractivity contribution < 1.29 is 13.2 Å². The molecule has 1 aliphatic rings. The van der Waals surface area contributed by atoms with E-state index in [-0.39, 0.29) is 10.3 Å². The molecule has 1 aromatic carbocycles. The third-order valence-electron chi connectivity index (χ3n) is 4.68. The van der Waals surface area contributed by atoms with Gasteiger partial charge in [-0.25, -0.2) is 13.2 Å². The Hall–Kier alpha value is -1.83. The van der Waals surface area contributed by atoms with E-state index >= 15 is 0 Å². The fourth-order valence-corrected chi connectivity index (χ4v) is 6.10. The minimum atomic E-state index is -3.59. The Bertz CT molecular complexity index is 908. The zero-order valence-electron chi connectivity index (χ0n) is 15.0. The molecule has 3 unspecified atom stereocenters. The number of carbonyl (C=O) groups excluding carboxylic acids is 1. The Morgan fingerprint density at radius 1 is 1.14 bits per heavy atom. The molecule has 3 rings (SSSR count). The second-order valence-electron chi connectivity index (χ2n) is 6.67. The lowest BCUT2D eigenvalue weighted by Gasteiger charge is -2.30. The van der Waals surface area contributed by atoms with Crippen LogP contribution in [0.5, 0.6) is 0 Å². The minimum Gasteiger partial charge on any atom is -0.334 e. The van der Waals surface area contributed by atoms with Gasteiger partial charge >= 0.3 is 6.03 Å². The number of halogens is 2. The standard InChI is InChI=1S/C19H21Cl2N3O3S/c20-16-4-1-5-17(18(16)21)28(26,27)15-8-6-14(7-9-15)24-19(25)23-12-13-3-2-10-22-11-13/h2-3,6-11,16-18H,1,4-5,12H2,(H2,23,24,25). The highest BCUT2D eigenvalue weighted by Gasteiger charge is 2.39. The number of pyridine rings is 1. The summed E-state index contributed by atoms with van der Waals surface area (Å²) in [4.78, 5) is 16.2. The van der Waals surface area contributed by atoms with E-state index in [1.165, 1.54) is 12.1 Å². The summed E-state index contributed by atoms with van der Waals surface area (Å²) >= 11 is 12.4. The first-order valence-electron chi connectivity index (χ1n) is 8.94. The molecule has 9 heteroatoms. The van der Waals surface area contributed by atoms with Gasteiger partial charge in [0.05, 0.1) is 20.9 Å². The Labute approximate surface area is 174 Å². The molecule has 1 heterocycles. The van der Waals surface area contributed by atoms with Gasteiger partial charge in [-0.15, -0.1) is 23.2 Å². The molecule has 2 aromatic rings. The smallest absolute Gasteiger partial charge is 0.319 e. The highest BCUT2D eigenvalue weighted by Crippen LogP contribution is 2.35. The molecule has 2 amide bonds. The molecule has 6 nitrogen and oxygen atoms in total. The van der Waals surface area contributed by atoms with E-state index in [0.717, 1.165) is 18.4 Å². The maximum absolute atomic E-state index is 12.9. The Morgan fingerprint density at radius 3 is 2.57 bits per heavy atom. The zero-order valence-corrected chi connectivity index (χ0v) is 17.3. The zero-order chi connectivity index (χ0) is 20.1. The molecule has 28 heavy (non-hydrogen) atoms. The molecule has 1 saturated carbocycles. The number of benzene rings is 1. The van der Waals surface area contributed by atoms with E-state index < -0.39 is 26.5 Å². The number of aromatic nitrogens is 1. The maximum atomic E-state index is 12.9. The molecule has 0 radical (unpaired) electrons. The third-order valence-corrected chi connectivity index (χ3v) is 8.32. The molecule has 0 saturated heterocycles. The number of urea groups is 1. The fourth-order valence-electron chi connectivity index (χ4n) is 3.15. The number of amides is 2. The Kier molecular flexibility index (Phi) is 6.80. The van der Waals surface area contributed by atoms with Crippen molar-refractivity contribution in [2.75, 3.05) is 5.32 Å². The van der Waals surface area contributed by atoms with Gasteiger partial charge in [0.25, 0.3) is 0 Å². The summed E-state index contributed by atoms with van der Waals surface area (Å²) in [6.07, 6.45) is 5.28. The van der Waals surface area contributed by atoms with Crippen LogP contribution in [-0.2, 0) is 16.4 Å². The van der Waals surface area contributed by atoms with Crippen LogP contribution in [0.4, 0.5) is 10.5 Å². The molecule has 2 N–H and O–H groups in total. The number of nitrogens with one attached hydrogen (secondary N) is 2. The lowest BCUT2D eigenvalue weighted by atomic mass is 9.99. The Morgan fingerprint density at radius 2 is 1.89 bits per heavy atom. The van der Waals surface area contributed by atoms with Crippen LogP contribution >= 0.6 is 23.2 Å². The number of hydrogen-bond acceptors (Lipinski definition) is 4. The van der Waals surface area contributed by atoms with E-state index in [0.29, 0.717) is 18.7 Å². The van der Waals surface area contributed by atoms with Gasteiger partial charge in [0.2, 0.25) is 0 Å². The van der Waals surface area contributed by atoms with Crippen LogP contribution < -0.4 is 10.6 Å². The molecule has 3 atom stereocenters. The van der Waals surface area contributed by atoms with Crippen LogP contribution in [0.25, 0.3) is 0 Å². The van der Waals surface area contributed by atoms with Crippen molar-refractivity contribution in [2.45, 2.75) is 46.7 Å². The molecular formula is C19H21Cl2N3O3S. The molecule has 0 spiro atoms. The van der Waals surface area contributed by atoms with E-state index in [9.17, 15) is 13.2 Å². The number of hydrogen-bond donors (Lipinski definition) is 2. The average Bonchev–Trinajstić information content (AvgIpc) is 2.69. The molecule has 150 valence electrons. The van der Waals surface area contributed by atoms with Crippen LogP contribution in [0.3, 0.4) is 0 Å². The van der Waals surface area contributed by atoms with Crippen molar-refractivity contribution in [3.05, 3.63) is 54.4 Å². The van der Waals surface area contributed by atoms with Gasteiger partial charge in [0.15, 0.2) is 9.84 Å². The van der Waals surface area contributed by atoms with Gasteiger partial charge in [-0.05, 0) is 48.7 Å². The van der Waals surface area contributed by atoms with Crippen LogP contribution in [0.2, 0.25) is 0 Å². The van der Waals surface area contributed by atoms with Crippen molar-refractivity contribution in [1.82, 2.24) is 10.3 Å². The fraction of sp³-hybridized carbons (Fsp3) is 0.368. The summed E-state index contributed by atoms with van der Waals surface area (Å²) in [5.41, 5.74) is 1.36. The summed E-state index contributed by atoms with van der Waals surface area (Å²) in [5.74, 6) is 0. The highest BCUT2D eigenvalue weighted by molar-refractivity contribution is 7.92. The summed E-state index contributed by atoms with van der Waals surface area (Å²) < 4.78 is 25.8. The summed E-state index contributed by atoms with van der Waals surface area (Å²) in [6.45, 7) is 0.338. The van der Waals surface area contributed by atoms with Crippen LogP contribution in [0, 0.1) is 0 Å². The van der Waals surface area contributed by atoms with Gasteiger partial charge in [-0.2, -0.15) is 0 Å². The number of anilines is 1. The van der Waals surface area contributed by atoms with Gasteiger partial charge in [-0.1, -0.05) is 12.5 Å². The first-order chi connectivity index (χ1) is 13.4. The maximum Gasteiger partial charge on any atom is 0.319 e. The first kappa shape index (κ1) is 20.9. The van der Waals surface area contributed by atoms with Crippen molar-refractivity contribution in [3.8, 4) is 0 Å². The number of rotatable bonds is 5. The largest absolute Gasteiger partial charge is 0.334 e. The SMILES string of the molecule is O=C(NCc1cccnc1)Nc1ccc(S(=O)(=O)C2CCCC(Cl)C2Cl)cc1. The van der Waals surface area contributed by atoms with Crippen molar-refractivity contribution >= 4 is 44.8 Å². The highest BCUT2D eigenvalue weighted by atomic mass is 35.5. The second kappa shape index (κ2) is 9.11. The van der Waals surface area contributed by atoms with Crippen LogP contribution in [0.1, 0.15) is 24.8 Å². The first-order valence-corrected chi connectivity index (χ1v) is 11.4. The summed E-state index contributed by atoms with van der Waals surface area (Å²) in [5, 5.41) is 3.72. The van der Waals surface area contributed by atoms with Crippen molar-refractivity contribution in [2.24, 2.45) is 0 Å². The van der Waals surface area contributed by atoms with Crippen molar-refractivity contribution in [1.29, 1.82) is 0 Å². The van der Waals surface area contributed by atoms with Gasteiger partial charge in [0.1, 0.15) is 0 Å². The quantitative estimate of drug-likeness (QED) is 0.687. The van der Waals surface area contributed by atoms with E-state index in [1.807, 2.05) is 6.07 Å². The third kappa shape index (κ3) is 4.96. The molecule has 0 aliphatic heterocycles. The molecule has 1 aromatic heterocycles. The van der Waals surface area contributed by atoms with Gasteiger partial charge in [-0.3, -0.25) is 4.98 Å². The molecule has 1 fully saturated rings. The van der Waals surface area contributed by atoms with Crippen LogP contribution in [0.15, 0.2) is 53.7 Å². The van der Waals surface area contributed by atoms with Crippen LogP contribution in [-0.4, -0.2) is 35.4 Å². The summed E-state index contributed by atoms with van der Waals surface area (Å²) in [7, 11) is -3.59. The van der Waals surface area contributed by atoms with E-state index in [2.05, 4.69) is 15.6 Å². The topological polar surface area (TPSA) is 88.2 Å². The second-order valence-corrected chi connectivity index (χ2v) is 9.90. The van der Waals surface area contributed by atoms with Gasteiger partial charge in [0, 0.05) is 24.6 Å². The van der Waals surface area contributed by atoms with Crippen molar-refractivity contribution in [3.63, 3.8) is 0 Å². The number of sulfone groups is 1. The number of nitrogens with zero attached hydrogens (tertiary/aromatic N) is 1. The monoisotopic (exact) mass is 441 g/mol. The Balaban J connectivity index is 1.62. The molecular weight excluding hydrogens is 421 g/mol. The molecule has 0 bridgehead atoms. The normalized spacial score (nSPS) is 22.4. The average molecular weight is 442 g/mol. The number of carbonyl (C=O) groups is 1. The van der Waals surface area contributed by atoms with E-state index in [4.69, 9.17) is 23.2 Å². The molecule has 1 aliphatic carbocycles. The van der Waals surface area contributed by atoms with E-state index in [1.54, 1.807) is 30.6 Å². The summed E-state index contributed by atoms with van der Waals surface area (Å²) in [6, 6.07) is 9.33. The lowest BCUT2D eigenvalue weighted by Crippen LogP contribution is -2.39. The number of alkyl halides is 2. The predicted molar refractivity (Wildman–Crippen MR) is 111 cm³/mol. The predicted octanol–water partition coefficient (Wildman–Crippen LogP) is 3.94. The van der Waals surface area contributed by atoms with Gasteiger partial charge < -0.3 is 10.6 Å². The lowest BCUT2D eigenvalue weighted by molar-refractivity contribution is 0.251. The minimum absolute atomic E-state index is 0.176.